The molecular weight excluding hydrogens is 278 g/mol. The highest BCUT2D eigenvalue weighted by Gasteiger charge is 2.20. The smallest absolute Gasteiger partial charge is 0.227 e. The monoisotopic (exact) mass is 305 g/mol. The van der Waals surface area contributed by atoms with Crippen LogP contribution in [-0.4, -0.2) is 29.1 Å². The Hall–Kier alpha value is -1.62. The summed E-state index contributed by atoms with van der Waals surface area (Å²) in [5.74, 6) is 1.11. The summed E-state index contributed by atoms with van der Waals surface area (Å²) in [7, 11) is 0. The Labute approximate surface area is 132 Å². The van der Waals surface area contributed by atoms with E-state index in [0.717, 1.165) is 63.0 Å². The van der Waals surface area contributed by atoms with Crippen LogP contribution < -0.4 is 10.6 Å². The molecule has 1 amide bonds. The van der Waals surface area contributed by atoms with E-state index in [1.807, 2.05) is 12.1 Å². The van der Waals surface area contributed by atoms with Crippen molar-refractivity contribution in [1.82, 2.24) is 4.98 Å². The Morgan fingerprint density at radius 3 is 2.68 bits per heavy atom. The van der Waals surface area contributed by atoms with Gasteiger partial charge in [-0.05, 0) is 44.2 Å². The summed E-state index contributed by atoms with van der Waals surface area (Å²) in [6.45, 7) is 1.11. The summed E-state index contributed by atoms with van der Waals surface area (Å²) in [6, 6.07) is 3.78. The lowest BCUT2D eigenvalue weighted by atomic mass is 9.88. The zero-order valence-corrected chi connectivity index (χ0v) is 13.2. The second-order valence-corrected chi connectivity index (χ2v) is 5.97. The third kappa shape index (κ3) is 5.64. The largest absolute Gasteiger partial charge is 0.396 e. The number of hydrogen-bond acceptors (Lipinski definition) is 4. The van der Waals surface area contributed by atoms with Gasteiger partial charge in [0, 0.05) is 19.1 Å². The van der Waals surface area contributed by atoms with E-state index < -0.39 is 0 Å². The highest BCUT2D eigenvalue weighted by molar-refractivity contribution is 5.92. The zero-order chi connectivity index (χ0) is 15.6. The van der Waals surface area contributed by atoms with E-state index in [1.165, 1.54) is 6.42 Å². The molecule has 1 aromatic rings. The molecule has 1 aliphatic rings. The fourth-order valence-corrected chi connectivity index (χ4v) is 2.81. The molecule has 0 aromatic carbocycles. The number of pyridine rings is 1. The topological polar surface area (TPSA) is 74.2 Å². The van der Waals surface area contributed by atoms with Crippen LogP contribution in [0.25, 0.3) is 0 Å². The molecule has 1 heterocycles. The van der Waals surface area contributed by atoms with Crippen LogP contribution in [0.1, 0.15) is 51.4 Å². The van der Waals surface area contributed by atoms with E-state index in [0.29, 0.717) is 0 Å². The predicted molar refractivity (Wildman–Crippen MR) is 88.9 cm³/mol. The van der Waals surface area contributed by atoms with Crippen molar-refractivity contribution in [2.45, 2.75) is 51.4 Å². The highest BCUT2D eigenvalue weighted by Crippen LogP contribution is 2.25. The number of aromatic nitrogens is 1. The minimum atomic E-state index is 0.131. The number of carbonyl (C=O) groups excluding carboxylic acids is 1. The zero-order valence-electron chi connectivity index (χ0n) is 13.2. The van der Waals surface area contributed by atoms with Gasteiger partial charge < -0.3 is 15.7 Å². The van der Waals surface area contributed by atoms with Gasteiger partial charge in [0.15, 0.2) is 0 Å². The lowest BCUT2D eigenvalue weighted by molar-refractivity contribution is -0.120. The normalized spacial score (nSPS) is 15.5. The van der Waals surface area contributed by atoms with Crippen molar-refractivity contribution >= 4 is 17.4 Å². The van der Waals surface area contributed by atoms with Crippen LogP contribution in [0.3, 0.4) is 0 Å². The Morgan fingerprint density at radius 2 is 2.00 bits per heavy atom. The van der Waals surface area contributed by atoms with E-state index in [4.69, 9.17) is 5.11 Å². The van der Waals surface area contributed by atoms with E-state index >= 15 is 0 Å². The van der Waals surface area contributed by atoms with E-state index in [9.17, 15) is 4.79 Å². The number of nitrogens with one attached hydrogen (secondary N) is 2. The molecular formula is C17H27N3O2. The van der Waals surface area contributed by atoms with Gasteiger partial charge in [0.05, 0.1) is 11.9 Å². The Balaban J connectivity index is 1.72. The van der Waals surface area contributed by atoms with Crippen molar-refractivity contribution in [3.63, 3.8) is 0 Å². The van der Waals surface area contributed by atoms with Crippen molar-refractivity contribution in [2.75, 3.05) is 23.8 Å². The Bertz CT molecular complexity index is 442. The molecule has 1 saturated carbocycles. The van der Waals surface area contributed by atoms with Crippen LogP contribution in [0.2, 0.25) is 0 Å². The summed E-state index contributed by atoms with van der Waals surface area (Å²) < 4.78 is 0. The number of carbonyl (C=O) groups is 1. The lowest BCUT2D eigenvalue weighted by Gasteiger charge is -2.20. The van der Waals surface area contributed by atoms with Gasteiger partial charge in [0.2, 0.25) is 5.91 Å². The molecule has 5 heteroatoms. The van der Waals surface area contributed by atoms with Gasteiger partial charge in [-0.15, -0.1) is 0 Å². The molecule has 0 spiro atoms. The van der Waals surface area contributed by atoms with Crippen molar-refractivity contribution in [3.05, 3.63) is 18.3 Å². The summed E-state index contributed by atoms with van der Waals surface area (Å²) >= 11 is 0. The molecule has 1 aromatic heterocycles. The maximum Gasteiger partial charge on any atom is 0.227 e. The van der Waals surface area contributed by atoms with E-state index in [-0.39, 0.29) is 18.4 Å². The summed E-state index contributed by atoms with van der Waals surface area (Å²) in [6.07, 6.45) is 10.2. The van der Waals surface area contributed by atoms with Crippen LogP contribution >= 0.6 is 0 Å². The molecule has 0 saturated heterocycles. The minimum Gasteiger partial charge on any atom is -0.396 e. The molecule has 0 radical (unpaired) electrons. The minimum absolute atomic E-state index is 0.131. The van der Waals surface area contributed by atoms with Gasteiger partial charge in [0.25, 0.3) is 0 Å². The van der Waals surface area contributed by atoms with Crippen molar-refractivity contribution in [2.24, 2.45) is 5.92 Å². The summed E-state index contributed by atoms with van der Waals surface area (Å²) in [4.78, 5) is 16.5. The quantitative estimate of drug-likeness (QED) is 0.645. The average molecular weight is 305 g/mol. The van der Waals surface area contributed by atoms with Crippen molar-refractivity contribution in [1.29, 1.82) is 0 Å². The summed E-state index contributed by atoms with van der Waals surface area (Å²) in [5, 5.41) is 14.9. The first-order valence-corrected chi connectivity index (χ1v) is 8.41. The van der Waals surface area contributed by atoms with Crippen LogP contribution in [0.15, 0.2) is 18.3 Å². The number of unbranched alkanes of at least 4 members (excludes halogenated alkanes) is 2. The van der Waals surface area contributed by atoms with Gasteiger partial charge in [-0.1, -0.05) is 19.3 Å². The number of rotatable bonds is 8. The number of aliphatic hydroxyl groups is 1. The molecule has 22 heavy (non-hydrogen) atoms. The number of nitrogens with zero attached hydrogens (tertiary/aromatic N) is 1. The number of anilines is 2. The lowest BCUT2D eigenvalue weighted by Crippen LogP contribution is -2.24. The second-order valence-electron chi connectivity index (χ2n) is 5.97. The second kappa shape index (κ2) is 9.41. The SMILES string of the molecule is O=C(Nc1ccc(NCCCCCO)nc1)C1CCCCC1. The van der Waals surface area contributed by atoms with Gasteiger partial charge >= 0.3 is 0 Å². The highest BCUT2D eigenvalue weighted by atomic mass is 16.2. The van der Waals surface area contributed by atoms with Crippen molar-refractivity contribution in [3.8, 4) is 0 Å². The first-order chi connectivity index (χ1) is 10.8. The third-order valence-electron chi connectivity index (χ3n) is 4.15. The molecule has 0 bridgehead atoms. The number of hydrogen-bond donors (Lipinski definition) is 3. The molecule has 122 valence electrons. The predicted octanol–water partition coefficient (Wildman–Crippen LogP) is 3.17. The van der Waals surface area contributed by atoms with Gasteiger partial charge in [-0.25, -0.2) is 4.98 Å². The molecule has 5 nitrogen and oxygen atoms in total. The van der Waals surface area contributed by atoms with E-state index in [1.54, 1.807) is 6.20 Å². The first-order valence-electron chi connectivity index (χ1n) is 8.41. The molecule has 1 aliphatic carbocycles. The van der Waals surface area contributed by atoms with Gasteiger partial charge in [-0.3, -0.25) is 4.79 Å². The van der Waals surface area contributed by atoms with Gasteiger partial charge in [0.1, 0.15) is 5.82 Å². The van der Waals surface area contributed by atoms with Crippen molar-refractivity contribution < 1.29 is 9.90 Å². The average Bonchev–Trinajstić information content (AvgIpc) is 2.57. The number of amides is 1. The third-order valence-corrected chi connectivity index (χ3v) is 4.15. The first kappa shape index (κ1) is 16.7. The maximum absolute atomic E-state index is 12.1. The molecule has 3 N–H and O–H groups in total. The summed E-state index contributed by atoms with van der Waals surface area (Å²) in [5.41, 5.74) is 0.765. The number of aliphatic hydroxyl groups excluding tert-OH is 1. The van der Waals surface area contributed by atoms with Crippen LogP contribution in [0.4, 0.5) is 11.5 Å². The van der Waals surface area contributed by atoms with Crippen LogP contribution in [-0.2, 0) is 4.79 Å². The Morgan fingerprint density at radius 1 is 1.18 bits per heavy atom. The molecule has 0 unspecified atom stereocenters. The van der Waals surface area contributed by atoms with E-state index in [2.05, 4.69) is 15.6 Å². The molecule has 2 rings (SSSR count). The maximum atomic E-state index is 12.1. The van der Waals surface area contributed by atoms with Crippen LogP contribution in [0.5, 0.6) is 0 Å². The van der Waals surface area contributed by atoms with Gasteiger partial charge in [-0.2, -0.15) is 0 Å². The molecule has 0 aliphatic heterocycles. The molecule has 0 atom stereocenters. The fraction of sp³-hybridized carbons (Fsp3) is 0.647. The fourth-order valence-electron chi connectivity index (χ4n) is 2.81. The Kier molecular flexibility index (Phi) is 7.16. The van der Waals surface area contributed by atoms with Crippen LogP contribution in [0, 0.1) is 5.92 Å². The standard InChI is InChI=1S/C17H27N3O2/c21-12-6-2-5-11-18-16-10-9-15(13-19-16)20-17(22)14-7-3-1-4-8-14/h9-10,13-14,21H,1-8,11-12H2,(H,18,19)(H,20,22). The molecule has 1 fully saturated rings.